The third kappa shape index (κ3) is 2.00. The molecule has 78 valence electrons. The van der Waals surface area contributed by atoms with Crippen molar-refractivity contribution in [3.8, 4) is 0 Å². The van der Waals surface area contributed by atoms with Gasteiger partial charge in [-0.25, -0.2) is 0 Å². The smallest absolute Gasteiger partial charge is 0.00551 e. The van der Waals surface area contributed by atoms with E-state index in [1.54, 1.807) is 0 Å². The molecule has 0 aromatic heterocycles. The predicted octanol–water partition coefficient (Wildman–Crippen LogP) is 4.32. The highest BCUT2D eigenvalue weighted by Gasteiger charge is 2.33. The molecule has 0 aliphatic carbocycles. The second-order valence-electron chi connectivity index (χ2n) is 5.74. The molecule has 0 unspecified atom stereocenters. The zero-order valence-corrected chi connectivity index (χ0v) is 10.3. The number of hydrogen-bond donors (Lipinski definition) is 0. The van der Waals surface area contributed by atoms with Crippen molar-refractivity contribution in [3.63, 3.8) is 0 Å². The summed E-state index contributed by atoms with van der Waals surface area (Å²) in [5, 5.41) is 0. The summed E-state index contributed by atoms with van der Waals surface area (Å²) < 4.78 is 0. The topological polar surface area (TPSA) is 0 Å². The van der Waals surface area contributed by atoms with Crippen LogP contribution in [0.2, 0.25) is 0 Å². The van der Waals surface area contributed by atoms with Gasteiger partial charge in [-0.15, -0.1) is 0 Å². The van der Waals surface area contributed by atoms with Crippen LogP contribution in [0.5, 0.6) is 0 Å². The molecule has 0 heteroatoms. The fraction of sp³-hybridized carbons (Fsp3) is 0.571. The lowest BCUT2D eigenvalue weighted by atomic mass is 9.65. The molecule has 0 aliphatic heterocycles. The third-order valence-electron chi connectivity index (χ3n) is 3.65. The zero-order valence-electron chi connectivity index (χ0n) is 10.3. The summed E-state index contributed by atoms with van der Waals surface area (Å²) >= 11 is 0. The summed E-state index contributed by atoms with van der Waals surface area (Å²) in [7, 11) is 0. The van der Waals surface area contributed by atoms with Crippen molar-refractivity contribution >= 4 is 0 Å². The second kappa shape index (κ2) is 3.42. The Morgan fingerprint density at radius 2 is 1.21 bits per heavy atom. The van der Waals surface area contributed by atoms with Gasteiger partial charge in [-0.2, -0.15) is 0 Å². The minimum absolute atomic E-state index is 0.223. The highest BCUT2D eigenvalue weighted by Crippen LogP contribution is 2.40. The Hall–Kier alpha value is -0.780. The van der Waals surface area contributed by atoms with Crippen molar-refractivity contribution in [1.82, 2.24) is 0 Å². The molecule has 14 heavy (non-hydrogen) atoms. The molecule has 0 heterocycles. The third-order valence-corrected chi connectivity index (χ3v) is 3.65. The molecule has 1 aromatic carbocycles. The maximum Gasteiger partial charge on any atom is -0.00551 e. The Balaban J connectivity index is 3.10. The first kappa shape index (κ1) is 11.3. The monoisotopic (exact) mass is 190 g/mol. The summed E-state index contributed by atoms with van der Waals surface area (Å²) in [6.45, 7) is 13.7. The van der Waals surface area contributed by atoms with Crippen molar-refractivity contribution in [2.75, 3.05) is 0 Å². The van der Waals surface area contributed by atoms with Gasteiger partial charge < -0.3 is 0 Å². The van der Waals surface area contributed by atoms with Gasteiger partial charge in [0.1, 0.15) is 0 Å². The molecule has 0 aliphatic rings. The average molecular weight is 190 g/mol. The van der Waals surface area contributed by atoms with Crippen LogP contribution in [-0.2, 0) is 5.41 Å². The Bertz CT molecular complexity index is 296. The first-order valence-corrected chi connectivity index (χ1v) is 5.32. The van der Waals surface area contributed by atoms with Crippen LogP contribution in [0.1, 0.15) is 45.7 Å². The number of aryl methyl sites for hydroxylation is 1. The number of rotatable bonds is 1. The standard InChI is InChI=1S/C14H22/c1-11-7-9-12(10-8-11)14(5,6)13(2,3)4/h7-10H,1-6H3. The molecule has 0 bridgehead atoms. The number of benzene rings is 1. The lowest BCUT2D eigenvalue weighted by molar-refractivity contribution is 0.225. The lowest BCUT2D eigenvalue weighted by Crippen LogP contribution is -2.33. The van der Waals surface area contributed by atoms with E-state index in [2.05, 4.69) is 65.8 Å². The van der Waals surface area contributed by atoms with E-state index in [4.69, 9.17) is 0 Å². The highest BCUT2D eigenvalue weighted by atomic mass is 14.4. The summed E-state index contributed by atoms with van der Waals surface area (Å²) in [6.07, 6.45) is 0. The number of hydrogen-bond acceptors (Lipinski definition) is 0. The van der Waals surface area contributed by atoms with E-state index >= 15 is 0 Å². The Morgan fingerprint density at radius 1 is 0.786 bits per heavy atom. The molecule has 0 fully saturated rings. The molecule has 0 saturated heterocycles. The van der Waals surface area contributed by atoms with Gasteiger partial charge in [-0.05, 0) is 23.3 Å². The normalized spacial score (nSPS) is 13.0. The molecular formula is C14H22. The van der Waals surface area contributed by atoms with E-state index in [-0.39, 0.29) is 5.41 Å². The SMILES string of the molecule is Cc1ccc(C(C)(C)C(C)(C)C)cc1. The maximum absolute atomic E-state index is 2.32. The highest BCUT2D eigenvalue weighted by molar-refractivity contribution is 5.29. The van der Waals surface area contributed by atoms with Gasteiger partial charge in [0.05, 0.1) is 0 Å². The van der Waals surface area contributed by atoms with Crippen LogP contribution in [0.4, 0.5) is 0 Å². The van der Waals surface area contributed by atoms with E-state index in [0.717, 1.165) is 0 Å². The molecule has 1 rings (SSSR count). The first-order chi connectivity index (χ1) is 6.25. The fourth-order valence-electron chi connectivity index (χ4n) is 1.40. The van der Waals surface area contributed by atoms with Gasteiger partial charge >= 0.3 is 0 Å². The Labute approximate surface area is 88.4 Å². The van der Waals surface area contributed by atoms with E-state index in [0.29, 0.717) is 5.41 Å². The van der Waals surface area contributed by atoms with Crippen LogP contribution in [0.15, 0.2) is 24.3 Å². The van der Waals surface area contributed by atoms with Crippen LogP contribution >= 0.6 is 0 Å². The van der Waals surface area contributed by atoms with Gasteiger partial charge in [0.2, 0.25) is 0 Å². The molecule has 0 saturated carbocycles. The second-order valence-corrected chi connectivity index (χ2v) is 5.74. The fourth-order valence-corrected chi connectivity index (χ4v) is 1.40. The van der Waals surface area contributed by atoms with E-state index in [1.165, 1.54) is 11.1 Å². The largest absolute Gasteiger partial charge is 0.0593 e. The molecule has 0 amide bonds. The van der Waals surface area contributed by atoms with E-state index < -0.39 is 0 Å². The van der Waals surface area contributed by atoms with Gasteiger partial charge in [-0.3, -0.25) is 0 Å². The molecular weight excluding hydrogens is 168 g/mol. The van der Waals surface area contributed by atoms with Crippen LogP contribution < -0.4 is 0 Å². The molecule has 0 spiro atoms. The molecule has 0 atom stereocenters. The Morgan fingerprint density at radius 3 is 1.57 bits per heavy atom. The summed E-state index contributed by atoms with van der Waals surface area (Å²) in [5.74, 6) is 0. The molecule has 1 aromatic rings. The lowest BCUT2D eigenvalue weighted by Gasteiger charge is -2.39. The zero-order chi connectivity index (χ0) is 11.0. The molecule has 0 radical (unpaired) electrons. The Kier molecular flexibility index (Phi) is 2.76. The van der Waals surface area contributed by atoms with Gasteiger partial charge in [-0.1, -0.05) is 64.4 Å². The predicted molar refractivity (Wildman–Crippen MR) is 63.7 cm³/mol. The minimum Gasteiger partial charge on any atom is -0.0593 e. The summed E-state index contributed by atoms with van der Waals surface area (Å²) in [5.41, 5.74) is 3.28. The van der Waals surface area contributed by atoms with Crippen molar-refractivity contribution in [2.24, 2.45) is 5.41 Å². The van der Waals surface area contributed by atoms with Crippen molar-refractivity contribution < 1.29 is 0 Å². The molecule has 0 N–H and O–H groups in total. The molecule has 0 nitrogen and oxygen atoms in total. The van der Waals surface area contributed by atoms with Crippen LogP contribution in [0.25, 0.3) is 0 Å². The maximum atomic E-state index is 2.32. The van der Waals surface area contributed by atoms with E-state index in [1.807, 2.05) is 0 Å². The van der Waals surface area contributed by atoms with Gasteiger partial charge in [0.15, 0.2) is 0 Å². The van der Waals surface area contributed by atoms with Crippen LogP contribution in [0, 0.1) is 12.3 Å². The average Bonchev–Trinajstić information content (AvgIpc) is 2.03. The summed E-state index contributed by atoms with van der Waals surface area (Å²) in [6, 6.07) is 8.90. The van der Waals surface area contributed by atoms with Crippen molar-refractivity contribution in [2.45, 2.75) is 47.0 Å². The van der Waals surface area contributed by atoms with Gasteiger partial charge in [0, 0.05) is 0 Å². The van der Waals surface area contributed by atoms with Crippen molar-refractivity contribution in [1.29, 1.82) is 0 Å². The quantitative estimate of drug-likeness (QED) is 0.618. The minimum atomic E-state index is 0.223. The van der Waals surface area contributed by atoms with Crippen LogP contribution in [0.3, 0.4) is 0 Å². The van der Waals surface area contributed by atoms with Crippen molar-refractivity contribution in [3.05, 3.63) is 35.4 Å². The van der Waals surface area contributed by atoms with Crippen LogP contribution in [-0.4, -0.2) is 0 Å². The first-order valence-electron chi connectivity index (χ1n) is 5.32. The van der Waals surface area contributed by atoms with Gasteiger partial charge in [0.25, 0.3) is 0 Å². The van der Waals surface area contributed by atoms with E-state index in [9.17, 15) is 0 Å². The summed E-state index contributed by atoms with van der Waals surface area (Å²) in [4.78, 5) is 0.